The minimum atomic E-state index is -1.59. The number of ether oxygens (including phenoxy) is 2. The molecule has 0 spiro atoms. The van der Waals surface area contributed by atoms with Gasteiger partial charge in [-0.2, -0.15) is 0 Å². The largest absolute Gasteiger partial charge is 0.490 e. The summed E-state index contributed by atoms with van der Waals surface area (Å²) in [5, 5.41) is 36.4. The van der Waals surface area contributed by atoms with Gasteiger partial charge in [0.2, 0.25) is 12.6 Å². The van der Waals surface area contributed by atoms with Gasteiger partial charge in [-0.3, -0.25) is 19.9 Å². The second-order valence-corrected chi connectivity index (χ2v) is 11.3. The lowest BCUT2D eigenvalue weighted by atomic mass is 9.80. The molecule has 1 fully saturated rings. The minimum Gasteiger partial charge on any atom is -0.423 e. The Hall–Kier alpha value is -2.41. The van der Waals surface area contributed by atoms with Crippen molar-refractivity contribution in [2.24, 2.45) is 0 Å². The Bertz CT molecular complexity index is 1680. The fourth-order valence-electron chi connectivity index (χ4n) is 3.28. The lowest BCUT2D eigenvalue weighted by Crippen LogP contribution is -2.37. The van der Waals surface area contributed by atoms with E-state index in [4.69, 9.17) is 66.5 Å². The maximum absolute atomic E-state index is 8.99. The van der Waals surface area contributed by atoms with Gasteiger partial charge in [0.1, 0.15) is 11.0 Å². The number of anilines is 2. The highest BCUT2D eigenvalue weighted by Gasteiger charge is 2.21. The number of fused-ring (bicyclic) bond motifs is 2. The van der Waals surface area contributed by atoms with Gasteiger partial charge in [-0.05, 0) is 62.2 Å². The summed E-state index contributed by atoms with van der Waals surface area (Å²) in [6.07, 6.45) is 4.00. The second kappa shape index (κ2) is 17.3. The van der Waals surface area contributed by atoms with Crippen LogP contribution in [0.3, 0.4) is 0 Å². The summed E-state index contributed by atoms with van der Waals surface area (Å²) < 4.78 is 10.8. The van der Waals surface area contributed by atoms with Gasteiger partial charge in [-0.15, -0.1) is 0 Å². The zero-order chi connectivity index (χ0) is 32.4. The fourth-order valence-corrected chi connectivity index (χ4v) is 4.63. The Kier molecular flexibility index (Phi) is 14.2. The van der Waals surface area contributed by atoms with Crippen LogP contribution >= 0.6 is 66.7 Å². The number of nitrogens with zero attached hydrogens (tertiary/aromatic N) is 4. The molecule has 0 aliphatic carbocycles. The molecule has 2 atom stereocenters. The van der Waals surface area contributed by atoms with Crippen LogP contribution in [0.2, 0.25) is 15.1 Å². The maximum atomic E-state index is 8.99. The van der Waals surface area contributed by atoms with Crippen LogP contribution in [-0.4, -0.2) is 73.1 Å². The van der Waals surface area contributed by atoms with Crippen molar-refractivity contribution in [3.8, 4) is 0 Å². The van der Waals surface area contributed by atoms with E-state index in [1.165, 1.54) is 12.3 Å². The van der Waals surface area contributed by atoms with Crippen LogP contribution < -0.4 is 16.9 Å². The molecule has 0 amide bonds. The van der Waals surface area contributed by atoms with E-state index in [9.17, 15) is 0 Å². The first-order chi connectivity index (χ1) is 20.9. The molecule has 3 aromatic carbocycles. The number of nitrogens with two attached hydrogens (primary N) is 2. The predicted molar refractivity (Wildman–Crippen MR) is 179 cm³/mol. The third kappa shape index (κ3) is 9.80. The third-order valence-electron chi connectivity index (χ3n) is 5.49. The topological polar surface area (TPSA) is 203 Å². The van der Waals surface area contributed by atoms with Crippen LogP contribution in [0, 0.1) is 0 Å². The van der Waals surface area contributed by atoms with E-state index in [0.717, 1.165) is 20.0 Å². The predicted octanol–water partition coefficient (Wildman–Crippen LogP) is 3.95. The van der Waals surface area contributed by atoms with Crippen molar-refractivity contribution >= 4 is 113 Å². The smallest absolute Gasteiger partial charge is 0.423 e. The van der Waals surface area contributed by atoms with Crippen LogP contribution in [0.4, 0.5) is 11.4 Å². The summed E-state index contributed by atoms with van der Waals surface area (Å²) in [6, 6.07) is 10.4. The van der Waals surface area contributed by atoms with Crippen molar-refractivity contribution in [2.75, 3.05) is 24.7 Å². The van der Waals surface area contributed by atoms with Crippen molar-refractivity contribution in [3.63, 3.8) is 0 Å². The van der Waals surface area contributed by atoms with Gasteiger partial charge < -0.3 is 41.2 Å². The summed E-state index contributed by atoms with van der Waals surface area (Å²) in [5.41, 5.74) is 14.8. The molecule has 2 aromatic heterocycles. The maximum Gasteiger partial charge on any atom is 0.490 e. The molecule has 232 valence electrons. The van der Waals surface area contributed by atoms with Gasteiger partial charge >= 0.3 is 7.12 Å². The van der Waals surface area contributed by atoms with Gasteiger partial charge in [-0.1, -0.05) is 40.9 Å². The van der Waals surface area contributed by atoms with E-state index in [-0.39, 0.29) is 10.5 Å². The number of rotatable bonds is 1. The molecule has 12 nitrogen and oxygen atoms in total. The van der Waals surface area contributed by atoms with Crippen molar-refractivity contribution in [1.29, 1.82) is 0 Å². The van der Waals surface area contributed by atoms with Gasteiger partial charge in [0.05, 0.1) is 50.7 Å². The lowest BCUT2D eigenvalue weighted by molar-refractivity contribution is -0.291. The Balaban J connectivity index is 0.000000164. The average Bonchev–Trinajstić information content (AvgIpc) is 3.02. The Labute approximate surface area is 283 Å². The fraction of sp³-hybridized carbons (Fsp3) is 0.154. The highest BCUT2D eigenvalue weighted by atomic mass is 79.9. The third-order valence-corrected chi connectivity index (χ3v) is 8.45. The molecule has 0 bridgehead atoms. The van der Waals surface area contributed by atoms with Crippen LogP contribution in [-0.2, 0) is 9.47 Å². The van der Waals surface area contributed by atoms with E-state index in [0.29, 0.717) is 45.7 Å². The number of aromatic nitrogens is 4. The molecule has 8 N–H and O–H groups in total. The lowest BCUT2D eigenvalue weighted by Gasteiger charge is -2.23. The quantitative estimate of drug-likeness (QED) is 0.106. The molecule has 2 unspecified atom stereocenters. The zero-order valence-electron chi connectivity index (χ0n) is 22.4. The van der Waals surface area contributed by atoms with Crippen molar-refractivity contribution < 1.29 is 29.7 Å². The summed E-state index contributed by atoms with van der Waals surface area (Å²) in [4.78, 5) is 16.3. The van der Waals surface area contributed by atoms with E-state index in [1.54, 1.807) is 36.8 Å². The molecule has 3 heterocycles. The Morgan fingerprint density at radius 3 is 1.64 bits per heavy atom. The molecule has 0 saturated carbocycles. The van der Waals surface area contributed by atoms with E-state index >= 15 is 0 Å². The first-order valence-corrected chi connectivity index (χ1v) is 15.0. The summed E-state index contributed by atoms with van der Waals surface area (Å²) >= 11 is 24.2. The number of hydrogen-bond acceptors (Lipinski definition) is 12. The number of benzene rings is 3. The van der Waals surface area contributed by atoms with Crippen LogP contribution in [0.1, 0.15) is 0 Å². The number of hydrogen-bond donors (Lipinski definition) is 6. The highest BCUT2D eigenvalue weighted by Crippen LogP contribution is 2.32. The molecule has 1 aliphatic heterocycles. The molecule has 6 rings (SSSR count). The van der Waals surface area contributed by atoms with Gasteiger partial charge in [0.25, 0.3) is 0 Å². The first kappa shape index (κ1) is 36.1. The Morgan fingerprint density at radius 2 is 1.14 bits per heavy atom. The van der Waals surface area contributed by atoms with Crippen LogP contribution in [0.5, 0.6) is 0 Å². The molecule has 44 heavy (non-hydrogen) atoms. The SMILES string of the molecule is Clc1c(Br)ccc2nccnc12.Nc1ccc(Br)c(Cl)c1N.OB(O)c1ccc2nccnc2c1Cl.OC1OCCOC1O. The zero-order valence-corrected chi connectivity index (χ0v) is 27.8. The molecule has 1 aliphatic rings. The summed E-state index contributed by atoms with van der Waals surface area (Å²) in [7, 11) is -1.59. The molecule has 0 radical (unpaired) electrons. The summed E-state index contributed by atoms with van der Waals surface area (Å²) in [6.45, 7) is 0.691. The molecule has 18 heteroatoms. The number of nitrogen functional groups attached to an aromatic ring is 2. The second-order valence-electron chi connectivity index (χ2n) is 8.44. The van der Waals surface area contributed by atoms with Gasteiger partial charge in [0, 0.05) is 39.2 Å². The minimum absolute atomic E-state index is 0.227. The highest BCUT2D eigenvalue weighted by molar-refractivity contribution is 9.10. The number of halogens is 5. The molecule has 5 aromatic rings. The van der Waals surface area contributed by atoms with Gasteiger partial charge in [0.15, 0.2) is 0 Å². The van der Waals surface area contributed by atoms with Gasteiger partial charge in [-0.25, -0.2) is 0 Å². The number of aliphatic hydroxyl groups excluding tert-OH is 2. The average molecular weight is 793 g/mol. The molecular weight excluding hydrogens is 769 g/mol. The van der Waals surface area contributed by atoms with E-state index < -0.39 is 19.7 Å². The van der Waals surface area contributed by atoms with Crippen molar-refractivity contribution in [2.45, 2.75) is 12.6 Å². The van der Waals surface area contributed by atoms with Crippen LogP contribution in [0.15, 0.2) is 70.1 Å². The number of aliphatic hydroxyl groups is 2. The molecular formula is C26H24BBr2Cl3N6O6. The Morgan fingerprint density at radius 1 is 0.682 bits per heavy atom. The van der Waals surface area contributed by atoms with E-state index in [2.05, 4.69) is 61.3 Å². The normalized spacial score (nSPS) is 15.7. The summed E-state index contributed by atoms with van der Waals surface area (Å²) in [5.74, 6) is 0. The first-order valence-electron chi connectivity index (χ1n) is 12.3. The van der Waals surface area contributed by atoms with E-state index in [1.807, 2.05) is 12.1 Å². The monoisotopic (exact) mass is 790 g/mol. The van der Waals surface area contributed by atoms with Crippen molar-refractivity contribution in [1.82, 2.24) is 19.9 Å². The molecule has 1 saturated heterocycles. The standard InChI is InChI=1S/C8H6BClN2O2.C8H4BrClN2.C6H6BrClN2.C4H8O4/c10-7-5(9(13)14)1-2-6-8(7)12-4-3-11-6;9-5-1-2-6-8(7(5)10)12-4-3-11-6;7-3-1-2-4(9)6(10)5(3)8;5-3-4(6)8-2-1-7-3/h1-4,13-14H;1-4H;1-2H,9-10H2;3-6H,1-2H2. The van der Waals surface area contributed by atoms with Crippen LogP contribution in [0.25, 0.3) is 22.1 Å². The van der Waals surface area contributed by atoms with Crippen molar-refractivity contribution in [3.05, 3.63) is 85.2 Å².